The standard InChI is InChI=1S/C8H11N5O/c1-3-13-7-5(12-8(13)14-2)6(9)10-4-11-7/h4H,3H2,1-2H3,(H2,9,10,11). The van der Waals surface area contributed by atoms with E-state index >= 15 is 0 Å². The molecule has 2 rings (SSSR count). The van der Waals surface area contributed by atoms with E-state index in [4.69, 9.17) is 10.5 Å². The molecule has 14 heavy (non-hydrogen) atoms. The molecule has 0 bridgehead atoms. The summed E-state index contributed by atoms with van der Waals surface area (Å²) in [7, 11) is 1.57. The molecule has 6 heteroatoms. The predicted molar refractivity (Wildman–Crippen MR) is 52.0 cm³/mol. The lowest BCUT2D eigenvalue weighted by atomic mass is 10.5. The maximum Gasteiger partial charge on any atom is 0.298 e. The van der Waals surface area contributed by atoms with Gasteiger partial charge in [-0.15, -0.1) is 0 Å². The molecule has 0 radical (unpaired) electrons. The summed E-state index contributed by atoms with van der Waals surface area (Å²) in [6.07, 6.45) is 1.42. The first-order valence-electron chi connectivity index (χ1n) is 4.28. The number of nitrogen functional groups attached to an aromatic ring is 1. The van der Waals surface area contributed by atoms with Crippen LogP contribution in [0, 0.1) is 0 Å². The lowest BCUT2D eigenvalue weighted by molar-refractivity contribution is 0.362. The molecule has 2 aromatic rings. The second-order valence-electron chi connectivity index (χ2n) is 2.77. The number of hydrogen-bond acceptors (Lipinski definition) is 5. The zero-order chi connectivity index (χ0) is 10.1. The molecule has 0 spiro atoms. The van der Waals surface area contributed by atoms with E-state index in [0.29, 0.717) is 23.0 Å². The number of imidazole rings is 1. The summed E-state index contributed by atoms with van der Waals surface area (Å²) in [4.78, 5) is 12.2. The Morgan fingerprint density at radius 2 is 2.29 bits per heavy atom. The third-order valence-electron chi connectivity index (χ3n) is 2.02. The van der Waals surface area contributed by atoms with E-state index in [0.717, 1.165) is 6.54 Å². The lowest BCUT2D eigenvalue weighted by Crippen LogP contribution is -1.99. The largest absolute Gasteiger partial charge is 0.468 e. The van der Waals surface area contributed by atoms with Gasteiger partial charge in [0.05, 0.1) is 7.11 Å². The second-order valence-corrected chi connectivity index (χ2v) is 2.77. The zero-order valence-electron chi connectivity index (χ0n) is 8.06. The van der Waals surface area contributed by atoms with Crippen molar-refractivity contribution in [1.29, 1.82) is 0 Å². The Hall–Kier alpha value is -1.85. The number of rotatable bonds is 2. The van der Waals surface area contributed by atoms with Gasteiger partial charge in [-0.25, -0.2) is 9.97 Å². The van der Waals surface area contributed by atoms with Crippen LogP contribution in [0.2, 0.25) is 0 Å². The Kier molecular flexibility index (Phi) is 1.95. The maximum absolute atomic E-state index is 5.67. The van der Waals surface area contributed by atoms with Gasteiger partial charge in [0, 0.05) is 6.54 Å². The van der Waals surface area contributed by atoms with Crippen molar-refractivity contribution in [2.75, 3.05) is 12.8 Å². The summed E-state index contributed by atoms with van der Waals surface area (Å²) in [5.41, 5.74) is 6.96. The van der Waals surface area contributed by atoms with E-state index in [-0.39, 0.29) is 0 Å². The van der Waals surface area contributed by atoms with Gasteiger partial charge < -0.3 is 10.5 Å². The third kappa shape index (κ3) is 1.07. The summed E-state index contributed by atoms with van der Waals surface area (Å²) in [5.74, 6) is 0.375. The normalized spacial score (nSPS) is 10.7. The Morgan fingerprint density at radius 1 is 1.50 bits per heavy atom. The number of hydrogen-bond donors (Lipinski definition) is 1. The van der Waals surface area contributed by atoms with Crippen molar-refractivity contribution in [3.8, 4) is 6.01 Å². The lowest BCUT2D eigenvalue weighted by Gasteiger charge is -2.01. The minimum absolute atomic E-state index is 0.375. The number of nitrogens with two attached hydrogens (primary N) is 1. The fraction of sp³-hybridized carbons (Fsp3) is 0.375. The van der Waals surface area contributed by atoms with Gasteiger partial charge in [-0.1, -0.05) is 0 Å². The zero-order valence-corrected chi connectivity index (χ0v) is 8.06. The Labute approximate surface area is 80.7 Å². The van der Waals surface area contributed by atoms with Crippen LogP contribution in [0.15, 0.2) is 6.33 Å². The summed E-state index contributed by atoms with van der Waals surface area (Å²) in [6.45, 7) is 2.72. The Morgan fingerprint density at radius 3 is 2.93 bits per heavy atom. The first-order chi connectivity index (χ1) is 6.77. The molecule has 0 aromatic carbocycles. The van der Waals surface area contributed by atoms with E-state index in [2.05, 4.69) is 15.0 Å². The van der Waals surface area contributed by atoms with Gasteiger partial charge in [0.1, 0.15) is 6.33 Å². The fourth-order valence-electron chi connectivity index (χ4n) is 1.37. The summed E-state index contributed by atoms with van der Waals surface area (Å²) in [5, 5.41) is 0. The highest BCUT2D eigenvalue weighted by atomic mass is 16.5. The molecular weight excluding hydrogens is 182 g/mol. The van der Waals surface area contributed by atoms with E-state index < -0.39 is 0 Å². The van der Waals surface area contributed by atoms with Crippen LogP contribution in [0.25, 0.3) is 11.2 Å². The second kappa shape index (κ2) is 3.13. The number of fused-ring (bicyclic) bond motifs is 1. The minimum atomic E-state index is 0.375. The average molecular weight is 193 g/mol. The van der Waals surface area contributed by atoms with E-state index in [9.17, 15) is 0 Å². The van der Waals surface area contributed by atoms with Crippen molar-refractivity contribution in [2.45, 2.75) is 13.5 Å². The number of aryl methyl sites for hydroxylation is 1. The molecule has 0 aliphatic heterocycles. The van der Waals surface area contributed by atoms with Gasteiger partial charge in [-0.3, -0.25) is 4.57 Å². The van der Waals surface area contributed by atoms with Crippen LogP contribution in [0.4, 0.5) is 5.82 Å². The topological polar surface area (TPSA) is 78.9 Å². The number of aromatic nitrogens is 4. The highest BCUT2D eigenvalue weighted by Gasteiger charge is 2.13. The van der Waals surface area contributed by atoms with Crippen LogP contribution in [-0.4, -0.2) is 26.6 Å². The van der Waals surface area contributed by atoms with Crippen molar-refractivity contribution in [1.82, 2.24) is 19.5 Å². The predicted octanol–water partition coefficient (Wildman–Crippen LogP) is 0.437. The Balaban J connectivity index is 2.79. The van der Waals surface area contributed by atoms with Gasteiger partial charge in [0.2, 0.25) is 0 Å². The van der Waals surface area contributed by atoms with Gasteiger partial charge in [-0.2, -0.15) is 4.98 Å². The molecule has 2 aromatic heterocycles. The highest BCUT2D eigenvalue weighted by Crippen LogP contribution is 2.21. The molecule has 2 heterocycles. The minimum Gasteiger partial charge on any atom is -0.468 e. The fourth-order valence-corrected chi connectivity index (χ4v) is 1.37. The SMILES string of the molecule is CCn1c(OC)nc2c(N)ncnc21. The van der Waals surface area contributed by atoms with Crippen LogP contribution in [0.1, 0.15) is 6.92 Å². The van der Waals surface area contributed by atoms with Crippen molar-refractivity contribution < 1.29 is 4.74 Å². The van der Waals surface area contributed by atoms with Crippen LogP contribution in [0.5, 0.6) is 6.01 Å². The first-order valence-corrected chi connectivity index (χ1v) is 4.28. The Bertz CT molecular complexity index is 464. The number of ether oxygens (including phenoxy) is 1. The number of nitrogens with zero attached hydrogens (tertiary/aromatic N) is 4. The first kappa shape index (κ1) is 8.74. The van der Waals surface area contributed by atoms with E-state index in [1.807, 2.05) is 11.5 Å². The van der Waals surface area contributed by atoms with Crippen LogP contribution in [0.3, 0.4) is 0 Å². The molecule has 74 valence electrons. The monoisotopic (exact) mass is 193 g/mol. The molecule has 0 unspecified atom stereocenters. The maximum atomic E-state index is 5.67. The van der Waals surface area contributed by atoms with Crippen molar-refractivity contribution in [3.63, 3.8) is 0 Å². The quantitative estimate of drug-likeness (QED) is 0.748. The molecule has 0 aliphatic carbocycles. The molecule has 0 atom stereocenters. The third-order valence-corrected chi connectivity index (χ3v) is 2.02. The molecule has 0 saturated carbocycles. The van der Waals surface area contributed by atoms with Gasteiger partial charge in [-0.05, 0) is 6.92 Å². The van der Waals surface area contributed by atoms with E-state index in [1.165, 1.54) is 6.33 Å². The van der Waals surface area contributed by atoms with Gasteiger partial charge in [0.25, 0.3) is 6.01 Å². The molecule has 6 nitrogen and oxygen atoms in total. The summed E-state index contributed by atoms with van der Waals surface area (Å²) in [6, 6.07) is 0.509. The van der Waals surface area contributed by atoms with Gasteiger partial charge in [0.15, 0.2) is 17.0 Å². The smallest absolute Gasteiger partial charge is 0.298 e. The van der Waals surface area contributed by atoms with E-state index in [1.54, 1.807) is 7.11 Å². The van der Waals surface area contributed by atoms with Crippen LogP contribution >= 0.6 is 0 Å². The summed E-state index contributed by atoms with van der Waals surface area (Å²) >= 11 is 0. The van der Waals surface area contributed by atoms with Crippen molar-refractivity contribution in [2.24, 2.45) is 0 Å². The number of methoxy groups -OCH3 is 1. The summed E-state index contributed by atoms with van der Waals surface area (Å²) < 4.78 is 6.95. The average Bonchev–Trinajstić information content (AvgIpc) is 2.57. The van der Waals surface area contributed by atoms with Crippen molar-refractivity contribution >= 4 is 17.0 Å². The molecular formula is C8H11N5O. The molecule has 2 N–H and O–H groups in total. The molecule has 0 aliphatic rings. The molecule has 0 saturated heterocycles. The van der Waals surface area contributed by atoms with Crippen LogP contribution < -0.4 is 10.5 Å². The number of anilines is 1. The van der Waals surface area contributed by atoms with Crippen LogP contribution in [-0.2, 0) is 6.54 Å². The molecule has 0 fully saturated rings. The van der Waals surface area contributed by atoms with Gasteiger partial charge >= 0.3 is 0 Å². The highest BCUT2D eigenvalue weighted by molar-refractivity contribution is 5.82. The molecule has 0 amide bonds. The van der Waals surface area contributed by atoms with Crippen molar-refractivity contribution in [3.05, 3.63) is 6.33 Å².